The fraction of sp³-hybridized carbons (Fsp3) is 0.556. The van der Waals surface area contributed by atoms with Crippen molar-refractivity contribution in [2.24, 2.45) is 13.0 Å². The van der Waals surface area contributed by atoms with Gasteiger partial charge in [0.05, 0.1) is 17.2 Å². The number of aromatic nitrogens is 1. The molecule has 2 unspecified atom stereocenters. The number of rotatable bonds is 5. The highest BCUT2D eigenvalue weighted by Crippen LogP contribution is 2.27. The zero-order valence-electron chi connectivity index (χ0n) is 14.0. The van der Waals surface area contributed by atoms with E-state index >= 15 is 0 Å². The van der Waals surface area contributed by atoms with E-state index in [4.69, 9.17) is 4.42 Å². The second-order valence-corrected chi connectivity index (χ2v) is 6.59. The molecule has 0 bridgehead atoms. The van der Waals surface area contributed by atoms with E-state index in [1.54, 1.807) is 25.2 Å². The minimum absolute atomic E-state index is 0.193. The fourth-order valence-corrected chi connectivity index (χ4v) is 3.52. The van der Waals surface area contributed by atoms with Crippen molar-refractivity contribution in [1.82, 2.24) is 9.88 Å². The van der Waals surface area contributed by atoms with Crippen molar-refractivity contribution >= 4 is 17.0 Å². The van der Waals surface area contributed by atoms with Crippen LogP contribution in [0, 0.1) is 5.92 Å². The Balaban J connectivity index is 1.58. The zero-order valence-corrected chi connectivity index (χ0v) is 14.0. The molecule has 0 saturated heterocycles. The average molecular weight is 332 g/mol. The van der Waals surface area contributed by atoms with Gasteiger partial charge < -0.3 is 14.8 Å². The van der Waals surface area contributed by atoms with E-state index in [9.17, 15) is 14.7 Å². The molecular formula is C18H24N2O4. The monoisotopic (exact) mass is 332 g/mol. The molecule has 6 heteroatoms. The Hall–Kier alpha value is -2.08. The van der Waals surface area contributed by atoms with E-state index in [0.717, 1.165) is 32.1 Å². The summed E-state index contributed by atoms with van der Waals surface area (Å²) in [6, 6.07) is 5.15. The average Bonchev–Trinajstić information content (AvgIpc) is 2.87. The largest absolute Gasteiger partial charge is 0.419 e. The third-order valence-electron chi connectivity index (χ3n) is 4.97. The predicted molar refractivity (Wildman–Crippen MR) is 91.0 cm³/mol. The lowest BCUT2D eigenvalue weighted by Crippen LogP contribution is -2.28. The summed E-state index contributed by atoms with van der Waals surface area (Å²) in [6.45, 7) is 0.551. The van der Waals surface area contributed by atoms with Crippen LogP contribution in [-0.2, 0) is 7.05 Å². The molecule has 3 rings (SSSR count). The molecular weight excluding hydrogens is 308 g/mol. The Morgan fingerprint density at radius 3 is 2.96 bits per heavy atom. The number of nitrogens with zero attached hydrogens (tertiary/aromatic N) is 1. The van der Waals surface area contributed by atoms with Gasteiger partial charge in [0.15, 0.2) is 5.58 Å². The molecule has 1 aliphatic carbocycles. The number of aliphatic hydroxyl groups is 1. The molecule has 1 aromatic carbocycles. The van der Waals surface area contributed by atoms with Gasteiger partial charge in [0.1, 0.15) is 0 Å². The minimum atomic E-state index is -0.475. The molecule has 1 aliphatic rings. The van der Waals surface area contributed by atoms with E-state index in [-0.39, 0.29) is 12.0 Å². The van der Waals surface area contributed by atoms with Crippen LogP contribution in [0.15, 0.2) is 27.4 Å². The normalized spacial score (nSPS) is 21.1. The van der Waals surface area contributed by atoms with Crippen LogP contribution >= 0.6 is 0 Å². The summed E-state index contributed by atoms with van der Waals surface area (Å²) >= 11 is 0. The maximum absolute atomic E-state index is 12.4. The van der Waals surface area contributed by atoms with Crippen LogP contribution in [0.25, 0.3) is 11.1 Å². The quantitative estimate of drug-likeness (QED) is 0.822. The molecule has 6 nitrogen and oxygen atoms in total. The summed E-state index contributed by atoms with van der Waals surface area (Å²) < 4.78 is 6.57. The lowest BCUT2D eigenvalue weighted by Gasteiger charge is -2.27. The molecule has 1 aromatic heterocycles. The Morgan fingerprint density at radius 1 is 1.38 bits per heavy atom. The summed E-state index contributed by atoms with van der Waals surface area (Å²) in [4.78, 5) is 24.0. The van der Waals surface area contributed by atoms with Gasteiger partial charge in [-0.05, 0) is 43.7 Å². The van der Waals surface area contributed by atoms with Gasteiger partial charge in [-0.2, -0.15) is 0 Å². The SMILES string of the molecule is Cn1c(=O)oc2c(C(=O)NCCCC3CCCCC3O)cccc21. The van der Waals surface area contributed by atoms with Crippen LogP contribution in [0.4, 0.5) is 0 Å². The number of amides is 1. The van der Waals surface area contributed by atoms with Gasteiger partial charge >= 0.3 is 5.76 Å². The van der Waals surface area contributed by atoms with Crippen molar-refractivity contribution in [3.8, 4) is 0 Å². The van der Waals surface area contributed by atoms with E-state index in [2.05, 4.69) is 5.32 Å². The first kappa shape index (κ1) is 16.8. The number of nitrogens with one attached hydrogen (secondary N) is 1. The van der Waals surface area contributed by atoms with Crippen LogP contribution in [-0.4, -0.2) is 28.2 Å². The van der Waals surface area contributed by atoms with E-state index in [1.807, 2.05) is 0 Å². The van der Waals surface area contributed by atoms with Gasteiger partial charge in [0.2, 0.25) is 0 Å². The number of para-hydroxylation sites is 1. The smallest absolute Gasteiger partial charge is 0.407 e. The van der Waals surface area contributed by atoms with Crippen molar-refractivity contribution in [2.75, 3.05) is 6.54 Å². The molecule has 130 valence electrons. The third kappa shape index (κ3) is 3.38. The van der Waals surface area contributed by atoms with E-state index in [0.29, 0.717) is 29.1 Å². The highest BCUT2D eigenvalue weighted by molar-refractivity contribution is 6.04. The number of carbonyl (C=O) groups excluding carboxylic acids is 1. The third-order valence-corrected chi connectivity index (χ3v) is 4.97. The number of hydrogen-bond donors (Lipinski definition) is 2. The Kier molecular flexibility index (Phi) is 5.04. The Morgan fingerprint density at radius 2 is 2.17 bits per heavy atom. The lowest BCUT2D eigenvalue weighted by molar-refractivity contribution is 0.0641. The van der Waals surface area contributed by atoms with Crippen LogP contribution < -0.4 is 11.1 Å². The van der Waals surface area contributed by atoms with Crippen molar-refractivity contribution in [2.45, 2.75) is 44.6 Å². The molecule has 0 radical (unpaired) electrons. The van der Waals surface area contributed by atoms with Gasteiger partial charge in [-0.15, -0.1) is 0 Å². The molecule has 1 amide bonds. The second-order valence-electron chi connectivity index (χ2n) is 6.59. The van der Waals surface area contributed by atoms with E-state index < -0.39 is 5.76 Å². The Labute approximate surface area is 140 Å². The molecule has 1 fully saturated rings. The van der Waals surface area contributed by atoms with Gasteiger partial charge in [-0.3, -0.25) is 9.36 Å². The maximum atomic E-state index is 12.4. The van der Waals surface area contributed by atoms with Gasteiger partial charge in [0.25, 0.3) is 5.91 Å². The first-order chi connectivity index (χ1) is 11.6. The molecule has 2 aromatic rings. The van der Waals surface area contributed by atoms with Crippen LogP contribution in [0.5, 0.6) is 0 Å². The highest BCUT2D eigenvalue weighted by atomic mass is 16.4. The number of aliphatic hydroxyl groups excluding tert-OH is 1. The first-order valence-corrected chi connectivity index (χ1v) is 8.62. The molecule has 2 N–H and O–H groups in total. The van der Waals surface area contributed by atoms with Crippen molar-refractivity contribution in [3.05, 3.63) is 34.3 Å². The summed E-state index contributed by atoms with van der Waals surface area (Å²) in [5, 5.41) is 12.9. The van der Waals surface area contributed by atoms with Gasteiger partial charge in [-0.25, -0.2) is 4.79 Å². The lowest BCUT2D eigenvalue weighted by atomic mass is 9.83. The first-order valence-electron chi connectivity index (χ1n) is 8.62. The number of fused-ring (bicyclic) bond motifs is 1. The fourth-order valence-electron chi connectivity index (χ4n) is 3.52. The van der Waals surface area contributed by atoms with E-state index in [1.165, 1.54) is 11.0 Å². The van der Waals surface area contributed by atoms with Crippen molar-refractivity contribution in [1.29, 1.82) is 0 Å². The molecule has 1 saturated carbocycles. The molecule has 0 aliphatic heterocycles. The summed E-state index contributed by atoms with van der Waals surface area (Å²) in [5.41, 5.74) is 1.31. The van der Waals surface area contributed by atoms with Gasteiger partial charge in [0, 0.05) is 13.6 Å². The number of carbonyl (C=O) groups is 1. The summed E-state index contributed by atoms with van der Waals surface area (Å²) in [6.07, 6.45) is 5.83. The molecule has 0 spiro atoms. The second kappa shape index (κ2) is 7.21. The highest BCUT2D eigenvalue weighted by Gasteiger charge is 2.22. The van der Waals surface area contributed by atoms with Gasteiger partial charge in [-0.1, -0.05) is 18.9 Å². The maximum Gasteiger partial charge on any atom is 0.419 e. The summed E-state index contributed by atoms with van der Waals surface area (Å²) in [7, 11) is 1.62. The van der Waals surface area contributed by atoms with Crippen molar-refractivity contribution in [3.63, 3.8) is 0 Å². The Bertz CT molecular complexity index is 777. The predicted octanol–water partition coefficient (Wildman–Crippen LogP) is 2.19. The van der Waals surface area contributed by atoms with Crippen molar-refractivity contribution < 1.29 is 14.3 Å². The van der Waals surface area contributed by atoms with Crippen LogP contribution in [0.1, 0.15) is 48.9 Å². The number of hydrogen-bond acceptors (Lipinski definition) is 4. The molecule has 24 heavy (non-hydrogen) atoms. The minimum Gasteiger partial charge on any atom is -0.407 e. The standard InChI is InChI=1S/C18H24N2O4/c1-20-14-9-4-8-13(16(14)24-18(20)23)17(22)19-11-5-7-12-6-2-3-10-15(12)21/h4,8-9,12,15,21H,2-3,5-7,10-11H2,1H3,(H,19,22). The van der Waals surface area contributed by atoms with Crippen LogP contribution in [0.3, 0.4) is 0 Å². The van der Waals surface area contributed by atoms with Crippen LogP contribution in [0.2, 0.25) is 0 Å². The number of benzene rings is 1. The topological polar surface area (TPSA) is 84.5 Å². The zero-order chi connectivity index (χ0) is 17.1. The summed E-state index contributed by atoms with van der Waals surface area (Å²) in [5.74, 6) is -0.359. The molecule has 1 heterocycles. The number of aryl methyl sites for hydroxylation is 1. The number of oxazole rings is 1. The molecule has 2 atom stereocenters.